The van der Waals surface area contributed by atoms with Crippen LogP contribution in [-0.4, -0.2) is 35.0 Å². The van der Waals surface area contributed by atoms with Crippen molar-refractivity contribution in [2.45, 2.75) is 6.92 Å². The second-order valence-electron chi connectivity index (χ2n) is 4.55. The van der Waals surface area contributed by atoms with Crippen LogP contribution in [0.25, 0.3) is 0 Å². The first-order valence-electron chi connectivity index (χ1n) is 6.87. The highest BCUT2D eigenvalue weighted by atomic mass is 16.5. The summed E-state index contributed by atoms with van der Waals surface area (Å²) >= 11 is 0. The van der Waals surface area contributed by atoms with Gasteiger partial charge in [0, 0.05) is 18.3 Å². The number of carbonyl (C=O) groups excluding carboxylic acids is 2. The second kappa shape index (κ2) is 7.21. The Morgan fingerprint density at radius 3 is 2.43 bits per heavy atom. The van der Waals surface area contributed by atoms with Crippen LogP contribution in [0.15, 0.2) is 46.0 Å². The van der Waals surface area contributed by atoms with Crippen molar-refractivity contribution in [2.75, 3.05) is 18.1 Å². The Morgan fingerprint density at radius 1 is 1.13 bits per heavy atom. The Labute approximate surface area is 130 Å². The highest BCUT2D eigenvalue weighted by Crippen LogP contribution is 2.13. The highest BCUT2D eigenvalue weighted by molar-refractivity contribution is 5.96. The zero-order valence-electron chi connectivity index (χ0n) is 12.4. The molecule has 2 rings (SSSR count). The number of carbonyl (C=O) groups is 2. The van der Waals surface area contributed by atoms with Crippen LogP contribution >= 0.6 is 0 Å². The molecule has 0 aliphatic rings. The average molecular weight is 317 g/mol. The number of para-hydroxylation sites is 1. The monoisotopic (exact) mass is 317 g/mol. The molecule has 1 heterocycles. The molecule has 0 aliphatic heterocycles. The van der Waals surface area contributed by atoms with Gasteiger partial charge in [-0.3, -0.25) is 14.6 Å². The molecule has 23 heavy (non-hydrogen) atoms. The van der Waals surface area contributed by atoms with E-state index >= 15 is 0 Å². The molecule has 1 amide bonds. The number of hydrogen-bond acceptors (Lipinski definition) is 5. The van der Waals surface area contributed by atoms with Crippen LogP contribution in [0.3, 0.4) is 0 Å². The number of likely N-dealkylation sites (N-methyl/N-ethyl adjacent to an activating group) is 1. The van der Waals surface area contributed by atoms with Crippen molar-refractivity contribution in [2.24, 2.45) is 0 Å². The molecule has 0 saturated heterocycles. The third kappa shape index (κ3) is 4.16. The summed E-state index contributed by atoms with van der Waals surface area (Å²) in [5.74, 6) is -1.37. The topological polar surface area (TPSA) is 112 Å². The molecule has 1 aromatic carbocycles. The van der Waals surface area contributed by atoms with Crippen molar-refractivity contribution in [1.29, 1.82) is 0 Å². The molecule has 2 N–H and O–H groups in total. The van der Waals surface area contributed by atoms with E-state index in [4.69, 9.17) is 4.74 Å². The fourth-order valence-electron chi connectivity index (χ4n) is 1.97. The molecule has 0 fully saturated rings. The molecule has 8 heteroatoms. The summed E-state index contributed by atoms with van der Waals surface area (Å²) in [5, 5.41) is 0. The van der Waals surface area contributed by atoms with Crippen LogP contribution in [0.1, 0.15) is 17.4 Å². The summed E-state index contributed by atoms with van der Waals surface area (Å²) in [5.41, 5.74) is -1.18. The molecule has 8 nitrogen and oxygen atoms in total. The van der Waals surface area contributed by atoms with Gasteiger partial charge < -0.3 is 14.6 Å². The van der Waals surface area contributed by atoms with Gasteiger partial charge in [-0.15, -0.1) is 0 Å². The molecule has 0 saturated carbocycles. The maximum atomic E-state index is 12.2. The predicted octanol–water partition coefficient (Wildman–Crippen LogP) is 0.273. The van der Waals surface area contributed by atoms with E-state index in [0.717, 1.165) is 6.07 Å². The lowest BCUT2D eigenvalue weighted by Crippen LogP contribution is -2.35. The van der Waals surface area contributed by atoms with Gasteiger partial charge in [0.15, 0.2) is 6.61 Å². The van der Waals surface area contributed by atoms with Crippen LogP contribution in [0.2, 0.25) is 0 Å². The lowest BCUT2D eigenvalue weighted by atomic mass is 10.3. The molecule has 0 spiro atoms. The van der Waals surface area contributed by atoms with E-state index in [2.05, 4.69) is 4.98 Å². The lowest BCUT2D eigenvalue weighted by molar-refractivity contribution is -0.121. The fraction of sp³-hybridized carbons (Fsp3) is 0.200. The number of aromatic nitrogens is 2. The zero-order chi connectivity index (χ0) is 16.8. The van der Waals surface area contributed by atoms with Crippen LogP contribution in [0.4, 0.5) is 5.69 Å². The number of benzene rings is 1. The van der Waals surface area contributed by atoms with E-state index in [1.54, 1.807) is 31.2 Å². The second-order valence-corrected chi connectivity index (χ2v) is 4.55. The largest absolute Gasteiger partial charge is 0.451 e. The van der Waals surface area contributed by atoms with Gasteiger partial charge in [-0.2, -0.15) is 0 Å². The number of rotatable bonds is 5. The molecule has 120 valence electrons. The predicted molar refractivity (Wildman–Crippen MR) is 82.4 cm³/mol. The number of nitrogens with one attached hydrogen (secondary N) is 2. The third-order valence-electron chi connectivity index (χ3n) is 2.99. The van der Waals surface area contributed by atoms with E-state index in [1.165, 1.54) is 4.90 Å². The molecule has 2 aromatic rings. The molecular formula is C15H15N3O5. The van der Waals surface area contributed by atoms with E-state index < -0.39 is 29.7 Å². The Kier molecular flexibility index (Phi) is 5.08. The van der Waals surface area contributed by atoms with Gasteiger partial charge in [0.1, 0.15) is 5.69 Å². The zero-order valence-corrected chi connectivity index (χ0v) is 12.4. The summed E-state index contributed by atoms with van der Waals surface area (Å²) in [4.78, 5) is 51.7. The van der Waals surface area contributed by atoms with Gasteiger partial charge in [0.25, 0.3) is 11.5 Å². The SMILES string of the molecule is CCN(C(=O)COC(=O)c1cc(=O)[nH]c(=O)[nH]1)c1ccccc1. The maximum absolute atomic E-state index is 12.2. The number of aromatic amines is 2. The first-order chi connectivity index (χ1) is 11.0. The van der Waals surface area contributed by atoms with Crippen molar-refractivity contribution >= 4 is 17.6 Å². The van der Waals surface area contributed by atoms with Gasteiger partial charge in [-0.25, -0.2) is 9.59 Å². The standard InChI is InChI=1S/C15H15N3O5/c1-2-18(10-6-4-3-5-7-10)13(20)9-23-14(21)11-8-12(19)17-15(22)16-11/h3-8H,2,9H2,1H3,(H2,16,17,19,22). The minimum absolute atomic E-state index is 0.311. The number of hydrogen-bond donors (Lipinski definition) is 2. The van der Waals surface area contributed by atoms with Crippen LogP contribution in [0.5, 0.6) is 0 Å². The number of anilines is 1. The lowest BCUT2D eigenvalue weighted by Gasteiger charge is -2.20. The van der Waals surface area contributed by atoms with E-state index in [0.29, 0.717) is 12.2 Å². The Balaban J connectivity index is 2.04. The Hall–Kier alpha value is -3.16. The number of esters is 1. The van der Waals surface area contributed by atoms with E-state index in [-0.39, 0.29) is 5.69 Å². The molecule has 1 aromatic heterocycles. The van der Waals surface area contributed by atoms with Crippen LogP contribution < -0.4 is 16.1 Å². The highest BCUT2D eigenvalue weighted by Gasteiger charge is 2.17. The molecule has 0 radical (unpaired) electrons. The number of nitrogens with zero attached hydrogens (tertiary/aromatic N) is 1. The minimum atomic E-state index is -0.953. The number of amides is 1. The summed E-state index contributed by atoms with van der Waals surface area (Å²) in [6.07, 6.45) is 0. The first-order valence-corrected chi connectivity index (χ1v) is 6.87. The van der Waals surface area contributed by atoms with E-state index in [9.17, 15) is 19.2 Å². The molecular weight excluding hydrogens is 302 g/mol. The van der Waals surface area contributed by atoms with Crippen molar-refractivity contribution in [3.05, 3.63) is 62.9 Å². The quantitative estimate of drug-likeness (QED) is 0.769. The van der Waals surface area contributed by atoms with Gasteiger partial charge in [0.2, 0.25) is 0 Å². The number of ether oxygens (including phenoxy) is 1. The summed E-state index contributed by atoms with van der Waals surface area (Å²) in [6.45, 7) is 1.69. The van der Waals surface area contributed by atoms with E-state index in [1.807, 2.05) is 11.1 Å². The van der Waals surface area contributed by atoms with Gasteiger partial charge in [-0.05, 0) is 19.1 Å². The Bertz CT molecular complexity index is 781. The summed E-state index contributed by atoms with van der Waals surface area (Å²) in [7, 11) is 0. The summed E-state index contributed by atoms with van der Waals surface area (Å²) in [6, 6.07) is 9.82. The molecule has 0 aliphatic carbocycles. The maximum Gasteiger partial charge on any atom is 0.355 e. The van der Waals surface area contributed by atoms with Crippen molar-refractivity contribution in [3.8, 4) is 0 Å². The molecule has 0 unspecified atom stereocenters. The minimum Gasteiger partial charge on any atom is -0.451 e. The number of H-pyrrole nitrogens is 2. The third-order valence-corrected chi connectivity index (χ3v) is 2.99. The average Bonchev–Trinajstić information content (AvgIpc) is 2.53. The Morgan fingerprint density at radius 2 is 1.83 bits per heavy atom. The fourth-order valence-corrected chi connectivity index (χ4v) is 1.97. The van der Waals surface area contributed by atoms with Crippen molar-refractivity contribution in [1.82, 2.24) is 9.97 Å². The smallest absolute Gasteiger partial charge is 0.355 e. The van der Waals surface area contributed by atoms with Gasteiger partial charge in [-0.1, -0.05) is 18.2 Å². The first kappa shape index (κ1) is 16.2. The van der Waals surface area contributed by atoms with Crippen LogP contribution in [0, 0.1) is 0 Å². The normalized spacial score (nSPS) is 10.1. The molecule has 0 atom stereocenters. The summed E-state index contributed by atoms with van der Waals surface area (Å²) < 4.78 is 4.85. The van der Waals surface area contributed by atoms with Gasteiger partial charge >= 0.3 is 11.7 Å². The van der Waals surface area contributed by atoms with Crippen molar-refractivity contribution in [3.63, 3.8) is 0 Å². The molecule has 0 bridgehead atoms. The van der Waals surface area contributed by atoms with Gasteiger partial charge in [0.05, 0.1) is 0 Å². The van der Waals surface area contributed by atoms with Crippen LogP contribution in [-0.2, 0) is 9.53 Å². The van der Waals surface area contributed by atoms with Crippen molar-refractivity contribution < 1.29 is 14.3 Å².